The normalized spacial score (nSPS) is 42.1. The van der Waals surface area contributed by atoms with Crippen molar-refractivity contribution < 1.29 is 9.53 Å². The summed E-state index contributed by atoms with van der Waals surface area (Å²) in [5.74, 6) is 6.03. The summed E-state index contributed by atoms with van der Waals surface area (Å²) < 4.78 is 5.63. The summed E-state index contributed by atoms with van der Waals surface area (Å²) in [6, 6.07) is 0. The first kappa shape index (κ1) is 25.3. The van der Waals surface area contributed by atoms with Crippen LogP contribution in [0.2, 0.25) is 0 Å². The highest BCUT2D eigenvalue weighted by atomic mass is 16.5. The molecule has 4 aliphatic carbocycles. The van der Waals surface area contributed by atoms with Gasteiger partial charge < -0.3 is 4.74 Å². The zero-order valence-electron chi connectivity index (χ0n) is 22.8. The van der Waals surface area contributed by atoms with Crippen molar-refractivity contribution in [2.75, 3.05) is 0 Å². The summed E-state index contributed by atoms with van der Waals surface area (Å²) in [4.78, 5) is 11.5. The molecule has 4 aliphatic rings. The van der Waals surface area contributed by atoms with Gasteiger partial charge in [0.05, 0.1) is 0 Å². The number of carbonyl (C=O) groups excluding carboxylic acids is 1. The molecule has 0 amide bonds. The molecule has 0 heterocycles. The van der Waals surface area contributed by atoms with Gasteiger partial charge in [0.1, 0.15) is 6.10 Å². The van der Waals surface area contributed by atoms with Crippen LogP contribution in [-0.4, -0.2) is 12.1 Å². The van der Waals surface area contributed by atoms with Crippen LogP contribution in [-0.2, 0) is 9.53 Å². The second-order valence-corrected chi connectivity index (χ2v) is 13.4. The molecule has 3 fully saturated rings. The predicted octanol–water partition coefficient (Wildman–Crippen LogP) is 8.60. The third-order valence-corrected chi connectivity index (χ3v) is 11.6. The second kappa shape index (κ2) is 9.69. The molecule has 33 heavy (non-hydrogen) atoms. The monoisotopic (exact) mass is 456 g/mol. The number of rotatable bonds is 7. The van der Waals surface area contributed by atoms with Crippen molar-refractivity contribution in [1.29, 1.82) is 0 Å². The van der Waals surface area contributed by atoms with E-state index in [9.17, 15) is 4.79 Å². The molecule has 2 heteroatoms. The first-order valence-corrected chi connectivity index (χ1v) is 14.5. The smallest absolute Gasteiger partial charge is 0.302 e. The Hall–Kier alpha value is -0.790. The van der Waals surface area contributed by atoms with E-state index in [1.54, 1.807) is 12.5 Å². The van der Waals surface area contributed by atoms with Crippen LogP contribution in [0.25, 0.3) is 0 Å². The van der Waals surface area contributed by atoms with Crippen LogP contribution in [0.15, 0.2) is 11.6 Å². The maximum Gasteiger partial charge on any atom is 0.302 e. The average Bonchev–Trinajstić information content (AvgIpc) is 3.11. The minimum Gasteiger partial charge on any atom is -0.462 e. The van der Waals surface area contributed by atoms with Gasteiger partial charge in [-0.25, -0.2) is 0 Å². The molecule has 0 radical (unpaired) electrons. The fourth-order valence-electron chi connectivity index (χ4n) is 9.63. The highest BCUT2D eigenvalue weighted by molar-refractivity contribution is 5.66. The lowest BCUT2D eigenvalue weighted by Crippen LogP contribution is -2.51. The highest BCUT2D eigenvalue weighted by Crippen LogP contribution is 2.67. The Morgan fingerprint density at radius 1 is 1.06 bits per heavy atom. The van der Waals surface area contributed by atoms with Gasteiger partial charge >= 0.3 is 5.97 Å². The molecular formula is C31H52O2. The lowest BCUT2D eigenvalue weighted by Gasteiger charge is -2.58. The first-order chi connectivity index (χ1) is 15.6. The van der Waals surface area contributed by atoms with Crippen molar-refractivity contribution >= 4 is 5.97 Å². The van der Waals surface area contributed by atoms with Gasteiger partial charge in [0.15, 0.2) is 0 Å². The summed E-state index contributed by atoms with van der Waals surface area (Å²) in [7, 11) is 0. The van der Waals surface area contributed by atoms with Crippen LogP contribution < -0.4 is 0 Å². The number of fused-ring (bicyclic) bond motifs is 5. The Morgan fingerprint density at radius 2 is 1.82 bits per heavy atom. The van der Waals surface area contributed by atoms with Gasteiger partial charge in [-0.15, -0.1) is 0 Å². The van der Waals surface area contributed by atoms with Crippen LogP contribution in [0.1, 0.15) is 119 Å². The fraction of sp³-hybridized carbons (Fsp3) is 0.903. The van der Waals surface area contributed by atoms with Crippen molar-refractivity contribution in [2.45, 2.75) is 125 Å². The Kier molecular flexibility index (Phi) is 7.43. The molecule has 4 rings (SSSR count). The quantitative estimate of drug-likeness (QED) is 0.283. The molecule has 0 aromatic rings. The SMILES string of the molecule is CC[C@@H](CC[C@H](C)[C@H]1CC[C@H]2[C@@H]3CC=C4C[C@@H](OC(C)=O)CC[C@]4(C)[C@H]3CC[C@]12C)C(C)C. The van der Waals surface area contributed by atoms with Crippen molar-refractivity contribution in [3.63, 3.8) is 0 Å². The molecule has 0 saturated heterocycles. The lowest BCUT2D eigenvalue weighted by molar-refractivity contribution is -0.148. The third kappa shape index (κ3) is 4.58. The van der Waals surface area contributed by atoms with E-state index in [-0.39, 0.29) is 12.1 Å². The van der Waals surface area contributed by atoms with Crippen molar-refractivity contribution in [3.8, 4) is 0 Å². The zero-order valence-corrected chi connectivity index (χ0v) is 22.8. The van der Waals surface area contributed by atoms with Crippen molar-refractivity contribution in [2.24, 2.45) is 52.3 Å². The minimum absolute atomic E-state index is 0.113. The molecule has 0 aliphatic heterocycles. The molecule has 2 nitrogen and oxygen atoms in total. The molecule has 0 spiro atoms. The van der Waals surface area contributed by atoms with Crippen LogP contribution in [0, 0.1) is 52.3 Å². The van der Waals surface area contributed by atoms with Gasteiger partial charge in [-0.3, -0.25) is 4.79 Å². The Balaban J connectivity index is 1.46. The summed E-state index contributed by atoms with van der Waals surface area (Å²) >= 11 is 0. The molecule has 0 N–H and O–H groups in total. The topological polar surface area (TPSA) is 26.3 Å². The number of carbonyl (C=O) groups is 1. The van der Waals surface area contributed by atoms with Crippen LogP contribution in [0.3, 0.4) is 0 Å². The van der Waals surface area contributed by atoms with Crippen molar-refractivity contribution in [3.05, 3.63) is 11.6 Å². The molecule has 0 unspecified atom stereocenters. The molecule has 9 atom stereocenters. The van der Waals surface area contributed by atoms with Gasteiger partial charge in [-0.2, -0.15) is 0 Å². The molecule has 0 aromatic heterocycles. The molecule has 0 aromatic carbocycles. The first-order valence-electron chi connectivity index (χ1n) is 14.5. The van der Waals surface area contributed by atoms with E-state index >= 15 is 0 Å². The van der Waals surface area contributed by atoms with Gasteiger partial charge in [0, 0.05) is 13.3 Å². The molecule has 0 bridgehead atoms. The summed E-state index contributed by atoms with van der Waals surface area (Å²) in [6.45, 7) is 16.6. The highest BCUT2D eigenvalue weighted by Gasteiger charge is 2.59. The minimum atomic E-state index is -0.115. The maximum atomic E-state index is 11.5. The van der Waals surface area contributed by atoms with E-state index in [1.807, 2.05) is 0 Å². The van der Waals surface area contributed by atoms with Crippen molar-refractivity contribution in [1.82, 2.24) is 0 Å². The fourth-order valence-corrected chi connectivity index (χ4v) is 9.63. The Morgan fingerprint density at radius 3 is 2.48 bits per heavy atom. The summed E-state index contributed by atoms with van der Waals surface area (Å²) in [5, 5.41) is 0. The molecule has 188 valence electrons. The standard InChI is InChI=1S/C31H52O2/c1-8-23(20(2)3)10-9-21(4)27-13-14-28-26-12-11-24-19-25(33-22(5)32)15-17-30(24,6)29(26)16-18-31(27,28)7/h11,20-21,23,25-29H,8-10,12-19H2,1-7H3/t21-,23-,25-,26-,27+,28-,29-,30-,31+/m0/s1. The lowest BCUT2D eigenvalue weighted by atomic mass is 9.47. The van der Waals surface area contributed by atoms with E-state index in [0.717, 1.165) is 54.3 Å². The van der Waals surface area contributed by atoms with Gasteiger partial charge in [-0.1, -0.05) is 66.0 Å². The van der Waals surface area contributed by atoms with Crippen LogP contribution in [0.5, 0.6) is 0 Å². The Labute approximate surface area is 204 Å². The molecule has 3 saturated carbocycles. The number of allylic oxidation sites excluding steroid dienone is 1. The maximum absolute atomic E-state index is 11.5. The number of hydrogen-bond acceptors (Lipinski definition) is 2. The van der Waals surface area contributed by atoms with Crippen LogP contribution in [0.4, 0.5) is 0 Å². The van der Waals surface area contributed by atoms with E-state index in [1.165, 1.54) is 57.8 Å². The summed E-state index contributed by atoms with van der Waals surface area (Å²) in [5.41, 5.74) is 2.51. The van der Waals surface area contributed by atoms with Gasteiger partial charge in [0.25, 0.3) is 0 Å². The predicted molar refractivity (Wildman–Crippen MR) is 138 cm³/mol. The number of esters is 1. The van der Waals surface area contributed by atoms with Gasteiger partial charge in [-0.05, 0) is 104 Å². The Bertz CT molecular complexity index is 737. The number of ether oxygens (including phenoxy) is 1. The largest absolute Gasteiger partial charge is 0.462 e. The van der Waals surface area contributed by atoms with E-state index in [2.05, 4.69) is 47.6 Å². The van der Waals surface area contributed by atoms with Crippen LogP contribution >= 0.6 is 0 Å². The van der Waals surface area contributed by atoms with E-state index in [0.29, 0.717) is 10.8 Å². The zero-order chi connectivity index (χ0) is 24.0. The second-order valence-electron chi connectivity index (χ2n) is 13.4. The molecular weight excluding hydrogens is 404 g/mol. The summed E-state index contributed by atoms with van der Waals surface area (Å²) in [6.07, 6.45) is 17.2. The van der Waals surface area contributed by atoms with Gasteiger partial charge in [0.2, 0.25) is 0 Å². The van der Waals surface area contributed by atoms with E-state index < -0.39 is 0 Å². The average molecular weight is 457 g/mol. The number of hydrogen-bond donors (Lipinski definition) is 0. The van der Waals surface area contributed by atoms with E-state index in [4.69, 9.17) is 4.74 Å². The third-order valence-electron chi connectivity index (χ3n) is 11.6.